The van der Waals surface area contributed by atoms with Crippen LogP contribution in [0.5, 0.6) is 0 Å². The van der Waals surface area contributed by atoms with Gasteiger partial charge < -0.3 is 5.11 Å². The minimum Gasteiger partial charge on any atom is -0.476 e. The van der Waals surface area contributed by atoms with Crippen LogP contribution in [0.2, 0.25) is 0 Å². The Morgan fingerprint density at radius 3 is 3.06 bits per heavy atom. The molecule has 3 heterocycles. The second-order valence-electron chi connectivity index (χ2n) is 3.45. The third kappa shape index (κ3) is 1.68. The number of hydrogen-bond donors (Lipinski definition) is 1. The maximum absolute atomic E-state index is 10.8. The maximum atomic E-state index is 10.8. The van der Waals surface area contributed by atoms with E-state index in [0.717, 1.165) is 10.6 Å². The van der Waals surface area contributed by atoms with E-state index in [-0.39, 0.29) is 5.69 Å². The number of hydrogen-bond acceptors (Lipinski definition) is 4. The molecule has 0 bridgehead atoms. The van der Waals surface area contributed by atoms with Crippen molar-refractivity contribution in [1.82, 2.24) is 14.4 Å². The highest BCUT2D eigenvalue weighted by Crippen LogP contribution is 2.23. The van der Waals surface area contributed by atoms with Crippen LogP contribution in [-0.4, -0.2) is 25.4 Å². The Kier molecular flexibility index (Phi) is 2.15. The zero-order valence-corrected chi connectivity index (χ0v) is 9.39. The highest BCUT2D eigenvalue weighted by molar-refractivity contribution is 7.13. The smallest absolute Gasteiger partial charge is 0.356 e. The second-order valence-corrected chi connectivity index (χ2v) is 4.40. The van der Waals surface area contributed by atoms with Crippen molar-refractivity contribution in [1.29, 1.82) is 0 Å². The largest absolute Gasteiger partial charge is 0.476 e. The number of nitrogens with zero attached hydrogens (tertiary/aromatic N) is 3. The minimum absolute atomic E-state index is 0.0233. The van der Waals surface area contributed by atoms with Gasteiger partial charge >= 0.3 is 5.97 Å². The molecule has 0 amide bonds. The molecule has 17 heavy (non-hydrogen) atoms. The van der Waals surface area contributed by atoms with Gasteiger partial charge in [-0.1, -0.05) is 6.07 Å². The molecule has 0 fully saturated rings. The van der Waals surface area contributed by atoms with E-state index < -0.39 is 5.97 Å². The van der Waals surface area contributed by atoms with E-state index in [2.05, 4.69) is 9.97 Å². The molecule has 3 aromatic heterocycles. The Bertz CT molecular complexity index is 688. The van der Waals surface area contributed by atoms with Crippen LogP contribution in [0.1, 0.15) is 10.5 Å². The third-order valence-electron chi connectivity index (χ3n) is 2.34. The van der Waals surface area contributed by atoms with E-state index in [0.29, 0.717) is 5.65 Å². The fourth-order valence-corrected chi connectivity index (χ4v) is 2.25. The summed E-state index contributed by atoms with van der Waals surface area (Å²) < 4.78 is 1.60. The number of aromatic nitrogens is 3. The summed E-state index contributed by atoms with van der Waals surface area (Å²) in [6.07, 6.45) is 3.02. The zero-order chi connectivity index (χ0) is 11.8. The Morgan fingerprint density at radius 1 is 1.47 bits per heavy atom. The summed E-state index contributed by atoms with van der Waals surface area (Å²) >= 11 is 1.58. The van der Waals surface area contributed by atoms with Crippen molar-refractivity contribution in [3.05, 3.63) is 41.8 Å². The Labute approximate surface area is 100 Å². The molecule has 6 heteroatoms. The molecule has 0 saturated heterocycles. The summed E-state index contributed by atoms with van der Waals surface area (Å²) in [4.78, 5) is 20.1. The fraction of sp³-hybridized carbons (Fsp3) is 0. The number of carbonyl (C=O) groups is 1. The van der Waals surface area contributed by atoms with E-state index in [9.17, 15) is 4.79 Å². The predicted octanol–water partition coefficient (Wildman–Crippen LogP) is 2.16. The van der Waals surface area contributed by atoms with Gasteiger partial charge in [-0.05, 0) is 11.4 Å². The molecule has 0 radical (unpaired) electrons. The van der Waals surface area contributed by atoms with Crippen LogP contribution in [0.3, 0.4) is 0 Å². The first-order valence-corrected chi connectivity index (χ1v) is 5.74. The Hall–Kier alpha value is -2.21. The number of fused-ring (bicyclic) bond motifs is 1. The molecule has 0 aliphatic heterocycles. The summed E-state index contributed by atoms with van der Waals surface area (Å²) in [7, 11) is 0. The van der Waals surface area contributed by atoms with Crippen LogP contribution in [0.25, 0.3) is 16.2 Å². The van der Waals surface area contributed by atoms with Crippen LogP contribution in [0.15, 0.2) is 36.1 Å². The molecule has 0 atom stereocenters. The lowest BCUT2D eigenvalue weighted by molar-refractivity contribution is 0.0691. The second kappa shape index (κ2) is 3.67. The highest BCUT2D eigenvalue weighted by atomic mass is 32.1. The minimum atomic E-state index is -1.04. The molecule has 84 valence electrons. The molecular weight excluding hydrogens is 238 g/mol. The van der Waals surface area contributed by atoms with Crippen LogP contribution in [0.4, 0.5) is 0 Å². The first-order chi connectivity index (χ1) is 8.24. The van der Waals surface area contributed by atoms with E-state index in [1.807, 2.05) is 17.5 Å². The number of imidazole rings is 1. The molecule has 1 N–H and O–H groups in total. The quantitative estimate of drug-likeness (QED) is 0.751. The van der Waals surface area contributed by atoms with Crippen molar-refractivity contribution in [2.24, 2.45) is 0 Å². The summed E-state index contributed by atoms with van der Waals surface area (Å²) in [5.41, 5.74) is 1.41. The molecule has 0 unspecified atom stereocenters. The Morgan fingerprint density at radius 2 is 2.35 bits per heavy atom. The lowest BCUT2D eigenvalue weighted by Gasteiger charge is -1.96. The monoisotopic (exact) mass is 245 g/mol. The first kappa shape index (κ1) is 9.98. The van der Waals surface area contributed by atoms with Gasteiger partial charge in [0.05, 0.1) is 10.6 Å². The normalized spacial score (nSPS) is 10.8. The van der Waals surface area contributed by atoms with Gasteiger partial charge in [-0.15, -0.1) is 11.3 Å². The van der Waals surface area contributed by atoms with Crippen molar-refractivity contribution in [3.63, 3.8) is 0 Å². The molecule has 0 spiro atoms. The molecule has 5 nitrogen and oxygen atoms in total. The SMILES string of the molecule is O=C(O)c1cn2cnc(-c3cccs3)cc2n1. The molecule has 0 aromatic carbocycles. The molecule has 0 saturated carbocycles. The maximum Gasteiger partial charge on any atom is 0.356 e. The van der Waals surface area contributed by atoms with E-state index >= 15 is 0 Å². The summed E-state index contributed by atoms with van der Waals surface area (Å²) in [6, 6.07) is 5.68. The Balaban J connectivity index is 2.16. The molecule has 3 rings (SSSR count). The van der Waals surface area contributed by atoms with Gasteiger partial charge in [0.15, 0.2) is 5.69 Å². The average Bonchev–Trinajstić information content (AvgIpc) is 2.97. The molecule has 0 aliphatic rings. The predicted molar refractivity (Wildman–Crippen MR) is 63.3 cm³/mol. The van der Waals surface area contributed by atoms with Gasteiger partial charge in [0.1, 0.15) is 12.0 Å². The first-order valence-electron chi connectivity index (χ1n) is 4.86. The summed E-state index contributed by atoms with van der Waals surface area (Å²) in [6.45, 7) is 0. The van der Waals surface area contributed by atoms with Crippen molar-refractivity contribution >= 4 is 23.0 Å². The summed E-state index contributed by atoms with van der Waals surface area (Å²) in [5, 5.41) is 10.8. The van der Waals surface area contributed by atoms with E-state index in [1.165, 1.54) is 6.20 Å². The average molecular weight is 245 g/mol. The van der Waals surface area contributed by atoms with E-state index in [4.69, 9.17) is 5.11 Å². The van der Waals surface area contributed by atoms with E-state index in [1.54, 1.807) is 28.1 Å². The number of rotatable bonds is 2. The van der Waals surface area contributed by atoms with Crippen molar-refractivity contribution in [2.75, 3.05) is 0 Å². The number of thiophene rings is 1. The van der Waals surface area contributed by atoms with Crippen LogP contribution >= 0.6 is 11.3 Å². The lowest BCUT2D eigenvalue weighted by atomic mass is 10.3. The highest BCUT2D eigenvalue weighted by Gasteiger charge is 2.10. The van der Waals surface area contributed by atoms with Crippen molar-refractivity contribution < 1.29 is 9.90 Å². The molecule has 3 aromatic rings. The summed E-state index contributed by atoms with van der Waals surface area (Å²) in [5.74, 6) is -1.04. The third-order valence-corrected chi connectivity index (χ3v) is 3.23. The number of aromatic carboxylic acids is 1. The number of carboxylic acid groups (broad SMARTS) is 1. The van der Waals surface area contributed by atoms with Gasteiger partial charge in [-0.25, -0.2) is 14.8 Å². The van der Waals surface area contributed by atoms with Crippen LogP contribution in [0, 0.1) is 0 Å². The zero-order valence-electron chi connectivity index (χ0n) is 8.57. The van der Waals surface area contributed by atoms with Gasteiger partial charge in [-0.2, -0.15) is 0 Å². The van der Waals surface area contributed by atoms with Crippen molar-refractivity contribution in [2.45, 2.75) is 0 Å². The van der Waals surface area contributed by atoms with Crippen LogP contribution in [-0.2, 0) is 0 Å². The van der Waals surface area contributed by atoms with Crippen molar-refractivity contribution in [3.8, 4) is 10.6 Å². The van der Waals surface area contributed by atoms with Gasteiger partial charge in [0, 0.05) is 12.3 Å². The van der Waals surface area contributed by atoms with Gasteiger partial charge in [0.2, 0.25) is 0 Å². The van der Waals surface area contributed by atoms with Gasteiger partial charge in [0.25, 0.3) is 0 Å². The van der Waals surface area contributed by atoms with Crippen LogP contribution < -0.4 is 0 Å². The lowest BCUT2D eigenvalue weighted by Crippen LogP contribution is -1.94. The fourth-order valence-electron chi connectivity index (χ4n) is 1.55. The topological polar surface area (TPSA) is 67.5 Å². The standard InChI is InChI=1S/C11H7N3O2S/c15-11(16)8-5-14-6-12-7(4-10(14)13-8)9-2-1-3-17-9/h1-6H,(H,15,16). The van der Waals surface area contributed by atoms with Gasteiger partial charge in [-0.3, -0.25) is 4.40 Å². The molecule has 0 aliphatic carbocycles. The number of carboxylic acids is 1. The molecular formula is C11H7N3O2S.